The van der Waals surface area contributed by atoms with Gasteiger partial charge >= 0.3 is 0 Å². The second-order valence-corrected chi connectivity index (χ2v) is 5.21. The summed E-state index contributed by atoms with van der Waals surface area (Å²) < 4.78 is 5.95. The summed E-state index contributed by atoms with van der Waals surface area (Å²) in [7, 11) is 0. The molecule has 2 N–H and O–H groups in total. The zero-order chi connectivity index (χ0) is 16.8. The van der Waals surface area contributed by atoms with E-state index in [9.17, 15) is 0 Å². The van der Waals surface area contributed by atoms with Gasteiger partial charge in [-0.15, -0.1) is 0 Å². The van der Waals surface area contributed by atoms with Crippen LogP contribution < -0.4 is 4.74 Å². The van der Waals surface area contributed by atoms with Gasteiger partial charge in [0.15, 0.2) is 5.75 Å². The summed E-state index contributed by atoms with van der Waals surface area (Å²) in [6.45, 7) is 4.04. The van der Waals surface area contributed by atoms with Crippen molar-refractivity contribution in [1.82, 2.24) is 10.2 Å². The predicted octanol–water partition coefficient (Wildman–Crippen LogP) is 2.99. The number of ether oxygens (including phenoxy) is 1. The Morgan fingerprint density at radius 3 is 2.65 bits per heavy atom. The Morgan fingerprint density at radius 1 is 1.30 bits per heavy atom. The highest BCUT2D eigenvalue weighted by molar-refractivity contribution is 5.50. The van der Waals surface area contributed by atoms with Crippen molar-refractivity contribution in [2.45, 2.75) is 32.6 Å². The lowest BCUT2D eigenvalue weighted by Gasteiger charge is -2.12. The highest BCUT2D eigenvalue weighted by Crippen LogP contribution is 2.34. The summed E-state index contributed by atoms with van der Waals surface area (Å²) in [5, 5.41) is 34.5. The van der Waals surface area contributed by atoms with E-state index in [0.29, 0.717) is 29.9 Å². The molecule has 1 unspecified atom stereocenters. The highest BCUT2D eigenvalue weighted by Gasteiger charge is 2.19. The fourth-order valence-corrected chi connectivity index (χ4v) is 2.30. The van der Waals surface area contributed by atoms with Crippen LogP contribution in [0.1, 0.15) is 48.7 Å². The van der Waals surface area contributed by atoms with Gasteiger partial charge in [-0.3, -0.25) is 5.10 Å². The van der Waals surface area contributed by atoms with Crippen molar-refractivity contribution in [3.8, 4) is 23.6 Å². The van der Waals surface area contributed by atoms with E-state index in [1.165, 1.54) is 0 Å². The summed E-state index contributed by atoms with van der Waals surface area (Å²) in [6.07, 6.45) is 1.29. The molecule has 6 nitrogen and oxygen atoms in total. The number of aryl methyl sites for hydroxylation is 1. The van der Waals surface area contributed by atoms with Gasteiger partial charge in [0, 0.05) is 12.5 Å². The molecule has 0 radical (unpaired) electrons. The second kappa shape index (κ2) is 7.44. The van der Waals surface area contributed by atoms with Gasteiger partial charge in [-0.1, -0.05) is 13.8 Å². The normalized spacial score (nSPS) is 11.5. The van der Waals surface area contributed by atoms with E-state index in [1.807, 2.05) is 26.0 Å². The Bertz CT molecular complexity index is 768. The van der Waals surface area contributed by atoms with Crippen molar-refractivity contribution in [1.29, 1.82) is 10.5 Å². The van der Waals surface area contributed by atoms with E-state index in [-0.39, 0.29) is 18.1 Å². The van der Waals surface area contributed by atoms with Crippen molar-refractivity contribution < 1.29 is 9.84 Å². The molecule has 2 rings (SSSR count). The Balaban J connectivity index is 2.38. The first-order chi connectivity index (χ1) is 11.1. The van der Waals surface area contributed by atoms with Crippen LogP contribution in [-0.4, -0.2) is 21.9 Å². The second-order valence-electron chi connectivity index (χ2n) is 5.21. The summed E-state index contributed by atoms with van der Waals surface area (Å²) in [6, 6.07) is 8.74. The number of aromatic nitrogens is 2. The molecule has 0 saturated heterocycles. The largest absolute Gasteiger partial charge is 0.453 e. The number of hydrogen-bond donors (Lipinski definition) is 2. The van der Waals surface area contributed by atoms with Gasteiger partial charge < -0.3 is 9.84 Å². The molecule has 118 valence electrons. The van der Waals surface area contributed by atoms with E-state index in [2.05, 4.69) is 10.2 Å². The Labute approximate surface area is 134 Å². The number of benzene rings is 1. The molecule has 1 atom stereocenters. The standard InChI is InChI=1S/C17H18N4O2/c1-3-15-17(16(21-20-15)11(2)6-7-22)23-14-5-4-12(9-18)13(8-14)10-19/h4-5,8,11,22H,3,6-7H2,1-2H3,(H,20,21). The summed E-state index contributed by atoms with van der Waals surface area (Å²) in [5.41, 5.74) is 2.19. The quantitative estimate of drug-likeness (QED) is 0.853. The number of hydrogen-bond acceptors (Lipinski definition) is 5. The van der Waals surface area contributed by atoms with Crippen LogP contribution in [0.15, 0.2) is 18.2 Å². The van der Waals surface area contributed by atoms with E-state index < -0.39 is 0 Å². The zero-order valence-corrected chi connectivity index (χ0v) is 13.1. The van der Waals surface area contributed by atoms with Gasteiger partial charge in [0.05, 0.1) is 16.8 Å². The van der Waals surface area contributed by atoms with Crippen LogP contribution in [0.3, 0.4) is 0 Å². The molecule has 6 heteroatoms. The average molecular weight is 310 g/mol. The minimum absolute atomic E-state index is 0.0663. The molecule has 2 aromatic rings. The van der Waals surface area contributed by atoms with E-state index >= 15 is 0 Å². The summed E-state index contributed by atoms with van der Waals surface area (Å²) >= 11 is 0. The SMILES string of the molecule is CCc1n[nH]c(C(C)CCO)c1Oc1ccc(C#N)c(C#N)c1. The van der Waals surface area contributed by atoms with Crippen molar-refractivity contribution in [2.24, 2.45) is 0 Å². The van der Waals surface area contributed by atoms with Crippen molar-refractivity contribution in [3.05, 3.63) is 40.7 Å². The highest BCUT2D eigenvalue weighted by atomic mass is 16.5. The Hall–Kier alpha value is -2.83. The number of nitriles is 2. The molecule has 0 aliphatic carbocycles. The van der Waals surface area contributed by atoms with E-state index in [1.54, 1.807) is 18.2 Å². The van der Waals surface area contributed by atoms with Crippen LogP contribution in [0.2, 0.25) is 0 Å². The molecule has 1 aromatic carbocycles. The number of aliphatic hydroxyl groups is 1. The number of H-pyrrole nitrogens is 1. The number of nitrogens with one attached hydrogen (secondary N) is 1. The third-order valence-corrected chi connectivity index (χ3v) is 3.66. The third kappa shape index (κ3) is 3.50. The first-order valence-electron chi connectivity index (χ1n) is 7.44. The molecular formula is C17H18N4O2. The van der Waals surface area contributed by atoms with E-state index in [4.69, 9.17) is 20.4 Å². The third-order valence-electron chi connectivity index (χ3n) is 3.66. The Morgan fingerprint density at radius 2 is 2.04 bits per heavy atom. The zero-order valence-electron chi connectivity index (χ0n) is 13.1. The fraction of sp³-hybridized carbons (Fsp3) is 0.353. The predicted molar refractivity (Wildman–Crippen MR) is 84.0 cm³/mol. The lowest BCUT2D eigenvalue weighted by Crippen LogP contribution is -2.00. The molecule has 0 aliphatic heterocycles. The molecule has 23 heavy (non-hydrogen) atoms. The number of aliphatic hydroxyl groups excluding tert-OH is 1. The van der Waals surface area contributed by atoms with Crippen molar-refractivity contribution in [2.75, 3.05) is 6.61 Å². The van der Waals surface area contributed by atoms with Crippen LogP contribution in [0.25, 0.3) is 0 Å². The van der Waals surface area contributed by atoms with Crippen LogP contribution in [0.5, 0.6) is 11.5 Å². The van der Waals surface area contributed by atoms with Gasteiger partial charge in [0.25, 0.3) is 0 Å². The topological polar surface area (TPSA) is 106 Å². The fourth-order valence-electron chi connectivity index (χ4n) is 2.30. The number of nitrogens with zero attached hydrogens (tertiary/aromatic N) is 3. The monoisotopic (exact) mass is 310 g/mol. The van der Waals surface area contributed by atoms with E-state index in [0.717, 1.165) is 11.4 Å². The summed E-state index contributed by atoms with van der Waals surface area (Å²) in [4.78, 5) is 0. The maximum absolute atomic E-state index is 9.13. The van der Waals surface area contributed by atoms with Crippen LogP contribution in [-0.2, 0) is 6.42 Å². The van der Waals surface area contributed by atoms with Gasteiger partial charge in [-0.2, -0.15) is 15.6 Å². The van der Waals surface area contributed by atoms with Crippen LogP contribution in [0, 0.1) is 22.7 Å². The van der Waals surface area contributed by atoms with Crippen LogP contribution in [0.4, 0.5) is 0 Å². The first kappa shape index (κ1) is 16.5. The van der Waals surface area contributed by atoms with Gasteiger partial charge in [0.2, 0.25) is 0 Å². The molecule has 0 aliphatic rings. The summed E-state index contributed by atoms with van der Waals surface area (Å²) in [5.74, 6) is 1.17. The van der Waals surface area contributed by atoms with Crippen molar-refractivity contribution >= 4 is 0 Å². The average Bonchev–Trinajstić information content (AvgIpc) is 2.97. The Kier molecular flexibility index (Phi) is 5.35. The molecule has 1 heterocycles. The lowest BCUT2D eigenvalue weighted by molar-refractivity contribution is 0.277. The first-order valence-corrected chi connectivity index (χ1v) is 7.44. The van der Waals surface area contributed by atoms with Crippen molar-refractivity contribution in [3.63, 3.8) is 0 Å². The molecular weight excluding hydrogens is 292 g/mol. The molecule has 0 bridgehead atoms. The minimum atomic E-state index is 0.0663. The lowest BCUT2D eigenvalue weighted by atomic mass is 10.0. The molecule has 0 amide bonds. The van der Waals surface area contributed by atoms with Gasteiger partial charge in [0.1, 0.15) is 23.6 Å². The molecule has 0 saturated carbocycles. The maximum atomic E-state index is 9.13. The van der Waals surface area contributed by atoms with Gasteiger partial charge in [-0.05, 0) is 31.0 Å². The molecule has 0 fully saturated rings. The molecule has 0 spiro atoms. The smallest absolute Gasteiger partial charge is 0.171 e. The van der Waals surface area contributed by atoms with Gasteiger partial charge in [-0.25, -0.2) is 0 Å². The number of aromatic amines is 1. The molecule has 1 aromatic heterocycles. The maximum Gasteiger partial charge on any atom is 0.171 e. The minimum Gasteiger partial charge on any atom is -0.453 e. The van der Waals surface area contributed by atoms with Crippen LogP contribution >= 0.6 is 0 Å². The number of rotatable bonds is 6.